The summed E-state index contributed by atoms with van der Waals surface area (Å²) in [4.78, 5) is 13.8. The fourth-order valence-electron chi connectivity index (χ4n) is 3.35. The van der Waals surface area contributed by atoms with Gasteiger partial charge in [0, 0.05) is 42.8 Å². The highest BCUT2D eigenvalue weighted by molar-refractivity contribution is 5.65. The SMILES string of the molecule is c1ccc(-c2nc3c(c(-c4ccn(Cc5cccnc5)n4)n2)CNC3)cc1. The third-order valence-electron chi connectivity index (χ3n) is 4.67. The summed E-state index contributed by atoms with van der Waals surface area (Å²) in [6.45, 7) is 2.22. The van der Waals surface area contributed by atoms with Gasteiger partial charge in [0.15, 0.2) is 5.82 Å². The summed E-state index contributed by atoms with van der Waals surface area (Å²) in [5.74, 6) is 0.745. The number of hydrogen-bond acceptors (Lipinski definition) is 5. The van der Waals surface area contributed by atoms with Crippen LogP contribution in [-0.2, 0) is 19.6 Å². The Bertz CT molecular complexity index is 1070. The first-order chi connectivity index (χ1) is 13.4. The molecule has 0 amide bonds. The molecule has 4 heterocycles. The minimum Gasteiger partial charge on any atom is -0.307 e. The number of fused-ring (bicyclic) bond motifs is 1. The number of nitrogens with one attached hydrogen (secondary N) is 1. The topological polar surface area (TPSA) is 68.5 Å². The molecule has 5 rings (SSSR count). The lowest BCUT2D eigenvalue weighted by Crippen LogP contribution is -2.03. The van der Waals surface area contributed by atoms with Crippen LogP contribution in [0.1, 0.15) is 16.8 Å². The van der Waals surface area contributed by atoms with Gasteiger partial charge in [-0.15, -0.1) is 0 Å². The summed E-state index contributed by atoms with van der Waals surface area (Å²) < 4.78 is 1.92. The van der Waals surface area contributed by atoms with Crippen molar-refractivity contribution in [2.45, 2.75) is 19.6 Å². The van der Waals surface area contributed by atoms with Crippen LogP contribution in [0.25, 0.3) is 22.8 Å². The second-order valence-corrected chi connectivity index (χ2v) is 6.55. The van der Waals surface area contributed by atoms with Crippen LogP contribution < -0.4 is 5.32 Å². The zero-order valence-corrected chi connectivity index (χ0v) is 14.7. The van der Waals surface area contributed by atoms with Crippen molar-refractivity contribution in [3.8, 4) is 22.8 Å². The van der Waals surface area contributed by atoms with Crippen molar-refractivity contribution in [3.05, 3.63) is 83.9 Å². The zero-order valence-electron chi connectivity index (χ0n) is 14.7. The smallest absolute Gasteiger partial charge is 0.160 e. The number of benzene rings is 1. The maximum absolute atomic E-state index is 4.87. The summed E-state index contributed by atoms with van der Waals surface area (Å²) in [7, 11) is 0. The van der Waals surface area contributed by atoms with Crippen molar-refractivity contribution >= 4 is 0 Å². The van der Waals surface area contributed by atoms with Gasteiger partial charge < -0.3 is 5.32 Å². The molecule has 1 aliphatic heterocycles. The van der Waals surface area contributed by atoms with Crippen LogP contribution in [0.15, 0.2) is 67.1 Å². The first-order valence-electron chi connectivity index (χ1n) is 8.95. The molecule has 1 aliphatic rings. The molecular formula is C21H18N6. The van der Waals surface area contributed by atoms with Gasteiger partial charge in [-0.1, -0.05) is 36.4 Å². The molecule has 0 spiro atoms. The largest absolute Gasteiger partial charge is 0.307 e. The summed E-state index contributed by atoms with van der Waals surface area (Å²) in [6, 6.07) is 16.1. The van der Waals surface area contributed by atoms with E-state index in [1.54, 1.807) is 6.20 Å². The number of rotatable bonds is 4. The Morgan fingerprint density at radius 3 is 2.74 bits per heavy atom. The van der Waals surface area contributed by atoms with Crippen LogP contribution in [0.2, 0.25) is 0 Å². The molecule has 0 saturated heterocycles. The van der Waals surface area contributed by atoms with Gasteiger partial charge in [0.05, 0.1) is 17.9 Å². The monoisotopic (exact) mass is 354 g/mol. The van der Waals surface area contributed by atoms with E-state index in [1.807, 2.05) is 65.6 Å². The molecule has 1 aromatic carbocycles. The number of hydrogen-bond donors (Lipinski definition) is 1. The molecule has 0 unspecified atom stereocenters. The molecule has 6 heteroatoms. The highest BCUT2D eigenvalue weighted by atomic mass is 15.3. The van der Waals surface area contributed by atoms with E-state index < -0.39 is 0 Å². The fraction of sp³-hybridized carbons (Fsp3) is 0.143. The van der Waals surface area contributed by atoms with E-state index in [0.29, 0.717) is 6.54 Å². The summed E-state index contributed by atoms with van der Waals surface area (Å²) in [6.07, 6.45) is 5.63. The molecule has 6 nitrogen and oxygen atoms in total. The van der Waals surface area contributed by atoms with Crippen LogP contribution in [0.4, 0.5) is 0 Å². The summed E-state index contributed by atoms with van der Waals surface area (Å²) in [5.41, 5.74) is 6.11. The molecule has 0 bridgehead atoms. The minimum atomic E-state index is 0.685. The molecule has 0 atom stereocenters. The second-order valence-electron chi connectivity index (χ2n) is 6.55. The Hall–Kier alpha value is -3.38. The van der Waals surface area contributed by atoms with Crippen molar-refractivity contribution < 1.29 is 0 Å². The lowest BCUT2D eigenvalue weighted by Gasteiger charge is -2.08. The highest BCUT2D eigenvalue weighted by Crippen LogP contribution is 2.28. The highest BCUT2D eigenvalue weighted by Gasteiger charge is 2.21. The fourth-order valence-corrected chi connectivity index (χ4v) is 3.35. The van der Waals surface area contributed by atoms with Gasteiger partial charge in [-0.3, -0.25) is 9.67 Å². The quantitative estimate of drug-likeness (QED) is 0.610. The maximum Gasteiger partial charge on any atom is 0.160 e. The molecule has 132 valence electrons. The van der Waals surface area contributed by atoms with Gasteiger partial charge in [0.2, 0.25) is 0 Å². The summed E-state index contributed by atoms with van der Waals surface area (Å²) in [5, 5.41) is 8.14. The minimum absolute atomic E-state index is 0.685. The third kappa shape index (κ3) is 3.11. The second kappa shape index (κ2) is 6.74. The Balaban J connectivity index is 1.54. The zero-order chi connectivity index (χ0) is 18.1. The van der Waals surface area contributed by atoms with E-state index in [0.717, 1.165) is 52.7 Å². The van der Waals surface area contributed by atoms with Gasteiger partial charge in [0.25, 0.3) is 0 Å². The van der Waals surface area contributed by atoms with Gasteiger partial charge in [-0.25, -0.2) is 9.97 Å². The number of pyridine rings is 1. The van der Waals surface area contributed by atoms with E-state index in [2.05, 4.69) is 10.3 Å². The van der Waals surface area contributed by atoms with Crippen LogP contribution in [0.5, 0.6) is 0 Å². The molecule has 4 aromatic rings. The summed E-state index contributed by atoms with van der Waals surface area (Å²) >= 11 is 0. The average Bonchev–Trinajstić information content (AvgIpc) is 3.38. The molecule has 0 fully saturated rings. The van der Waals surface area contributed by atoms with Gasteiger partial charge >= 0.3 is 0 Å². The van der Waals surface area contributed by atoms with Gasteiger partial charge in [0.1, 0.15) is 5.69 Å². The Morgan fingerprint density at radius 1 is 0.963 bits per heavy atom. The molecule has 3 aromatic heterocycles. The van der Waals surface area contributed by atoms with Crippen LogP contribution >= 0.6 is 0 Å². The normalized spacial score (nSPS) is 12.9. The van der Waals surface area contributed by atoms with Gasteiger partial charge in [-0.2, -0.15) is 5.10 Å². The van der Waals surface area contributed by atoms with E-state index >= 15 is 0 Å². The van der Waals surface area contributed by atoms with Crippen LogP contribution in [0, 0.1) is 0 Å². The van der Waals surface area contributed by atoms with Crippen molar-refractivity contribution in [3.63, 3.8) is 0 Å². The van der Waals surface area contributed by atoms with Crippen LogP contribution in [0.3, 0.4) is 0 Å². The van der Waals surface area contributed by atoms with Gasteiger partial charge in [-0.05, 0) is 17.7 Å². The number of nitrogens with zero attached hydrogens (tertiary/aromatic N) is 5. The lowest BCUT2D eigenvalue weighted by atomic mass is 10.1. The Kier molecular flexibility index (Phi) is 3.95. The molecule has 0 saturated carbocycles. The average molecular weight is 354 g/mol. The van der Waals surface area contributed by atoms with E-state index in [4.69, 9.17) is 15.1 Å². The molecule has 1 N–H and O–H groups in total. The van der Waals surface area contributed by atoms with E-state index in [9.17, 15) is 0 Å². The molecule has 0 radical (unpaired) electrons. The van der Waals surface area contributed by atoms with Crippen molar-refractivity contribution in [2.75, 3.05) is 0 Å². The van der Waals surface area contributed by atoms with Crippen molar-refractivity contribution in [1.29, 1.82) is 0 Å². The van der Waals surface area contributed by atoms with E-state index in [1.165, 1.54) is 0 Å². The number of aromatic nitrogens is 5. The first kappa shape index (κ1) is 15.8. The Morgan fingerprint density at radius 2 is 1.89 bits per heavy atom. The maximum atomic E-state index is 4.87. The van der Waals surface area contributed by atoms with E-state index in [-0.39, 0.29) is 0 Å². The predicted molar refractivity (Wildman–Crippen MR) is 103 cm³/mol. The lowest BCUT2D eigenvalue weighted by molar-refractivity contribution is 0.686. The van der Waals surface area contributed by atoms with Crippen molar-refractivity contribution in [1.82, 2.24) is 30.0 Å². The third-order valence-corrected chi connectivity index (χ3v) is 4.67. The molecular weight excluding hydrogens is 336 g/mol. The first-order valence-corrected chi connectivity index (χ1v) is 8.95. The predicted octanol–water partition coefficient (Wildman–Crippen LogP) is 3.05. The van der Waals surface area contributed by atoms with Crippen LogP contribution in [-0.4, -0.2) is 24.7 Å². The Labute approximate surface area is 157 Å². The molecule has 0 aliphatic carbocycles. The molecule has 27 heavy (non-hydrogen) atoms. The van der Waals surface area contributed by atoms with Crippen molar-refractivity contribution in [2.24, 2.45) is 0 Å². The standard InChI is InChI=1S/C21H18N6/c1-2-6-16(7-3-1)21-24-19-13-23-12-17(19)20(25-21)18-8-10-27(26-18)14-15-5-4-9-22-11-15/h1-11,23H,12-14H2.